The normalized spacial score (nSPS) is 14.4. The molecule has 1 atom stereocenters. The maximum Gasteiger partial charge on any atom is 0.244 e. The topological polar surface area (TPSA) is 64.3 Å². The Morgan fingerprint density at radius 1 is 1.39 bits per heavy atom. The van der Waals surface area contributed by atoms with Gasteiger partial charge in [0.2, 0.25) is 5.91 Å². The van der Waals surface area contributed by atoms with Crippen LogP contribution < -0.4 is 11.1 Å². The molecule has 0 aliphatic rings. The lowest BCUT2D eigenvalue weighted by molar-refractivity contribution is -0.127. The molecule has 0 aromatic heterocycles. The van der Waals surface area contributed by atoms with Gasteiger partial charge in [-0.3, -0.25) is 10.1 Å². The maximum absolute atomic E-state index is 11.9. The predicted molar refractivity (Wildman–Crippen MR) is 72.0 cm³/mol. The van der Waals surface area contributed by atoms with Crippen molar-refractivity contribution in [1.82, 2.24) is 5.32 Å². The van der Waals surface area contributed by atoms with Crippen LogP contribution in [0.25, 0.3) is 0 Å². The number of carbonyl (C=O) groups excluding carboxylic acids is 1. The van der Waals surface area contributed by atoms with E-state index in [-0.39, 0.29) is 6.61 Å². The minimum Gasteiger partial charge on any atom is -0.382 e. The third kappa shape index (κ3) is 3.31. The number of hydrogen-bond donors (Lipinski definition) is 2. The first-order valence-corrected chi connectivity index (χ1v) is 6.12. The summed E-state index contributed by atoms with van der Waals surface area (Å²) in [6.07, 6.45) is 0. The first kappa shape index (κ1) is 14.7. The van der Waals surface area contributed by atoms with Crippen molar-refractivity contribution >= 4 is 5.91 Å². The monoisotopic (exact) mass is 250 g/mol. The number of ether oxygens (including phenoxy) is 1. The molecule has 1 amide bonds. The van der Waals surface area contributed by atoms with Crippen LogP contribution in [0.15, 0.2) is 30.3 Å². The number of hydrogen-bond acceptors (Lipinski definition) is 3. The zero-order valence-corrected chi connectivity index (χ0v) is 11.3. The molecule has 1 aromatic carbocycles. The van der Waals surface area contributed by atoms with Crippen molar-refractivity contribution < 1.29 is 9.53 Å². The van der Waals surface area contributed by atoms with E-state index in [2.05, 4.69) is 19.2 Å². The van der Waals surface area contributed by atoms with Gasteiger partial charge in [-0.05, 0) is 18.0 Å². The van der Waals surface area contributed by atoms with Crippen molar-refractivity contribution in [2.24, 2.45) is 11.7 Å². The second kappa shape index (κ2) is 6.52. The summed E-state index contributed by atoms with van der Waals surface area (Å²) in [4.78, 5) is 11.9. The lowest BCUT2D eigenvalue weighted by Crippen LogP contribution is -2.56. The van der Waals surface area contributed by atoms with E-state index >= 15 is 0 Å². The van der Waals surface area contributed by atoms with Crippen LogP contribution in [0.1, 0.15) is 19.4 Å². The third-order valence-electron chi connectivity index (χ3n) is 2.86. The second-order valence-corrected chi connectivity index (χ2v) is 4.84. The van der Waals surface area contributed by atoms with Gasteiger partial charge in [-0.2, -0.15) is 0 Å². The molecule has 0 bridgehead atoms. The number of carbonyl (C=O) groups is 1. The largest absolute Gasteiger partial charge is 0.382 e. The van der Waals surface area contributed by atoms with Crippen LogP contribution in [0.2, 0.25) is 0 Å². The smallest absolute Gasteiger partial charge is 0.244 e. The first-order chi connectivity index (χ1) is 8.53. The van der Waals surface area contributed by atoms with Crippen molar-refractivity contribution in [3.63, 3.8) is 0 Å². The van der Waals surface area contributed by atoms with Gasteiger partial charge >= 0.3 is 0 Å². The summed E-state index contributed by atoms with van der Waals surface area (Å²) < 4.78 is 5.19. The SMILES string of the molecule is COCC(NCC(C)C)(C(N)=O)c1ccccc1. The van der Waals surface area contributed by atoms with Gasteiger partial charge in [-0.1, -0.05) is 44.2 Å². The highest BCUT2D eigenvalue weighted by Gasteiger charge is 2.38. The molecule has 0 aliphatic carbocycles. The van der Waals surface area contributed by atoms with E-state index in [4.69, 9.17) is 10.5 Å². The van der Waals surface area contributed by atoms with Crippen molar-refractivity contribution in [3.05, 3.63) is 35.9 Å². The van der Waals surface area contributed by atoms with Crippen LogP contribution in [0.3, 0.4) is 0 Å². The number of benzene rings is 1. The number of nitrogens with one attached hydrogen (secondary N) is 1. The quantitative estimate of drug-likeness (QED) is 0.765. The molecule has 0 heterocycles. The Hall–Kier alpha value is -1.39. The van der Waals surface area contributed by atoms with E-state index in [0.29, 0.717) is 12.5 Å². The first-order valence-electron chi connectivity index (χ1n) is 6.12. The van der Waals surface area contributed by atoms with Crippen LogP contribution in [-0.2, 0) is 15.1 Å². The fourth-order valence-electron chi connectivity index (χ4n) is 1.85. The van der Waals surface area contributed by atoms with Crippen molar-refractivity contribution in [1.29, 1.82) is 0 Å². The fraction of sp³-hybridized carbons (Fsp3) is 0.500. The molecule has 0 saturated heterocycles. The molecule has 1 rings (SSSR count). The van der Waals surface area contributed by atoms with Crippen LogP contribution >= 0.6 is 0 Å². The molecule has 0 spiro atoms. The maximum atomic E-state index is 11.9. The molecule has 0 radical (unpaired) electrons. The lowest BCUT2D eigenvalue weighted by atomic mass is 9.89. The molecule has 4 heteroatoms. The summed E-state index contributed by atoms with van der Waals surface area (Å²) in [5.41, 5.74) is 5.47. The van der Waals surface area contributed by atoms with Gasteiger partial charge < -0.3 is 10.5 Å². The van der Waals surface area contributed by atoms with Crippen LogP contribution in [-0.4, -0.2) is 26.2 Å². The van der Waals surface area contributed by atoms with Gasteiger partial charge in [0.1, 0.15) is 5.54 Å². The van der Waals surface area contributed by atoms with Gasteiger partial charge in [0.15, 0.2) is 0 Å². The molecular formula is C14H22N2O2. The number of primary amides is 1. The molecule has 0 fully saturated rings. The minimum absolute atomic E-state index is 0.221. The highest BCUT2D eigenvalue weighted by atomic mass is 16.5. The highest BCUT2D eigenvalue weighted by molar-refractivity contribution is 5.86. The Labute approximate surface area is 109 Å². The van der Waals surface area contributed by atoms with Gasteiger partial charge in [-0.25, -0.2) is 0 Å². The van der Waals surface area contributed by atoms with Gasteiger partial charge in [0, 0.05) is 7.11 Å². The van der Waals surface area contributed by atoms with E-state index in [9.17, 15) is 4.79 Å². The summed E-state index contributed by atoms with van der Waals surface area (Å²) in [6, 6.07) is 9.46. The van der Waals surface area contributed by atoms with E-state index in [0.717, 1.165) is 5.56 Å². The number of amides is 1. The van der Waals surface area contributed by atoms with Gasteiger partial charge in [0.25, 0.3) is 0 Å². The molecule has 3 N–H and O–H groups in total. The summed E-state index contributed by atoms with van der Waals surface area (Å²) in [5.74, 6) is 0.000457. The minimum atomic E-state index is -0.958. The lowest BCUT2D eigenvalue weighted by Gasteiger charge is -2.32. The Bertz CT molecular complexity index is 379. The molecule has 4 nitrogen and oxygen atoms in total. The molecule has 1 unspecified atom stereocenters. The Morgan fingerprint density at radius 2 is 2.00 bits per heavy atom. The molecule has 100 valence electrons. The number of methoxy groups -OCH3 is 1. The van der Waals surface area contributed by atoms with E-state index in [1.165, 1.54) is 0 Å². The molecular weight excluding hydrogens is 228 g/mol. The standard InChI is InChI=1S/C14H22N2O2/c1-11(2)9-16-14(10-18-3,13(15)17)12-7-5-4-6-8-12/h4-8,11,16H,9-10H2,1-3H3,(H2,15,17). The molecule has 18 heavy (non-hydrogen) atoms. The summed E-state index contributed by atoms with van der Waals surface area (Å²) >= 11 is 0. The predicted octanol–water partition coefficient (Wildman–Crippen LogP) is 1.26. The molecule has 1 aromatic rings. The Kier molecular flexibility index (Phi) is 5.31. The second-order valence-electron chi connectivity index (χ2n) is 4.84. The summed E-state index contributed by atoms with van der Waals surface area (Å²) in [6.45, 7) is 5.08. The van der Waals surface area contributed by atoms with Crippen molar-refractivity contribution in [2.75, 3.05) is 20.3 Å². The Morgan fingerprint density at radius 3 is 2.44 bits per heavy atom. The van der Waals surface area contributed by atoms with E-state index in [1.54, 1.807) is 7.11 Å². The number of rotatable bonds is 7. The van der Waals surface area contributed by atoms with E-state index < -0.39 is 11.4 Å². The van der Waals surface area contributed by atoms with Crippen LogP contribution in [0.4, 0.5) is 0 Å². The average Bonchev–Trinajstić information content (AvgIpc) is 2.35. The molecule has 0 aliphatic heterocycles. The van der Waals surface area contributed by atoms with Gasteiger partial charge in [-0.15, -0.1) is 0 Å². The van der Waals surface area contributed by atoms with Crippen molar-refractivity contribution in [3.8, 4) is 0 Å². The van der Waals surface area contributed by atoms with Crippen molar-refractivity contribution in [2.45, 2.75) is 19.4 Å². The van der Waals surface area contributed by atoms with Crippen LogP contribution in [0, 0.1) is 5.92 Å². The molecule has 0 saturated carbocycles. The fourth-order valence-corrected chi connectivity index (χ4v) is 1.85. The third-order valence-corrected chi connectivity index (χ3v) is 2.86. The van der Waals surface area contributed by atoms with E-state index in [1.807, 2.05) is 30.3 Å². The highest BCUT2D eigenvalue weighted by Crippen LogP contribution is 2.21. The zero-order valence-electron chi connectivity index (χ0n) is 11.3. The van der Waals surface area contributed by atoms with Crippen LogP contribution in [0.5, 0.6) is 0 Å². The Balaban J connectivity index is 3.09. The van der Waals surface area contributed by atoms with Gasteiger partial charge in [0.05, 0.1) is 6.61 Å². The summed E-state index contributed by atoms with van der Waals surface area (Å²) in [5, 5.41) is 3.25. The zero-order chi connectivity index (χ0) is 13.6. The number of nitrogens with two attached hydrogens (primary N) is 1. The summed E-state index contributed by atoms with van der Waals surface area (Å²) in [7, 11) is 1.57. The average molecular weight is 250 g/mol.